The summed E-state index contributed by atoms with van der Waals surface area (Å²) in [7, 11) is -3.48. The van der Waals surface area contributed by atoms with Gasteiger partial charge in [-0.05, 0) is 35.6 Å². The third kappa shape index (κ3) is 3.46. The molecule has 2 aromatic rings. The van der Waals surface area contributed by atoms with Crippen molar-refractivity contribution in [3.8, 4) is 0 Å². The van der Waals surface area contributed by atoms with Gasteiger partial charge in [0, 0.05) is 38.8 Å². The van der Waals surface area contributed by atoms with E-state index in [-0.39, 0.29) is 11.3 Å². The molecule has 7 nitrogen and oxygen atoms in total. The average Bonchev–Trinajstić information content (AvgIpc) is 3.35. The summed E-state index contributed by atoms with van der Waals surface area (Å²) < 4.78 is 36.1. The Balaban J connectivity index is 1.70. The van der Waals surface area contributed by atoms with E-state index in [0.717, 1.165) is 25.2 Å². The number of sulfonamides is 1. The largest absolute Gasteiger partial charge is 0.381 e. The summed E-state index contributed by atoms with van der Waals surface area (Å²) in [6.07, 6.45) is 3.48. The smallest absolute Gasteiger partial charge is 0.252 e. The quantitative estimate of drug-likeness (QED) is 0.757. The van der Waals surface area contributed by atoms with Gasteiger partial charge in [0.15, 0.2) is 0 Å². The Morgan fingerprint density at radius 1 is 1.37 bits per heavy atom. The highest BCUT2D eigenvalue weighted by molar-refractivity contribution is 7.91. The molecule has 4 rings (SSSR count). The van der Waals surface area contributed by atoms with Crippen molar-refractivity contribution in [2.75, 3.05) is 26.3 Å². The Bertz CT molecular complexity index is 870. The molecule has 0 saturated carbocycles. The van der Waals surface area contributed by atoms with Crippen molar-refractivity contribution in [1.29, 1.82) is 0 Å². The molecule has 4 heterocycles. The van der Waals surface area contributed by atoms with Gasteiger partial charge >= 0.3 is 0 Å². The minimum atomic E-state index is -3.48. The Labute approximate surface area is 164 Å². The maximum Gasteiger partial charge on any atom is 0.252 e. The van der Waals surface area contributed by atoms with Gasteiger partial charge in [0.1, 0.15) is 16.4 Å². The van der Waals surface area contributed by atoms with Crippen LogP contribution in [0.1, 0.15) is 38.4 Å². The lowest BCUT2D eigenvalue weighted by molar-refractivity contribution is 0.0129. The van der Waals surface area contributed by atoms with Gasteiger partial charge in [-0.1, -0.05) is 19.9 Å². The van der Waals surface area contributed by atoms with Crippen molar-refractivity contribution in [3.05, 3.63) is 29.7 Å². The molecule has 0 amide bonds. The van der Waals surface area contributed by atoms with Crippen molar-refractivity contribution < 1.29 is 13.2 Å². The zero-order valence-electron chi connectivity index (χ0n) is 15.7. The van der Waals surface area contributed by atoms with Crippen LogP contribution in [-0.4, -0.2) is 53.8 Å². The summed E-state index contributed by atoms with van der Waals surface area (Å²) in [4.78, 5) is 0. The summed E-state index contributed by atoms with van der Waals surface area (Å²) in [5.41, 5.74) is -0.135. The van der Waals surface area contributed by atoms with Crippen molar-refractivity contribution in [3.63, 3.8) is 0 Å². The monoisotopic (exact) mass is 410 g/mol. The number of hydrogen-bond donors (Lipinski definition) is 0. The second-order valence-corrected chi connectivity index (χ2v) is 11.1. The minimum absolute atomic E-state index is 0.0392. The first kappa shape index (κ1) is 19.0. The minimum Gasteiger partial charge on any atom is -0.381 e. The van der Waals surface area contributed by atoms with Crippen molar-refractivity contribution >= 4 is 21.4 Å². The first-order valence-electron chi connectivity index (χ1n) is 9.41. The van der Waals surface area contributed by atoms with Crippen molar-refractivity contribution in [2.24, 2.45) is 11.3 Å². The molecule has 1 atom stereocenters. The first-order chi connectivity index (χ1) is 12.9. The molecule has 1 unspecified atom stereocenters. The van der Waals surface area contributed by atoms with Crippen molar-refractivity contribution in [1.82, 2.24) is 19.1 Å². The molecular weight excluding hydrogens is 384 g/mol. The van der Waals surface area contributed by atoms with E-state index in [4.69, 9.17) is 4.74 Å². The van der Waals surface area contributed by atoms with Crippen LogP contribution in [-0.2, 0) is 21.3 Å². The number of nitrogens with zero attached hydrogens (tertiary/aromatic N) is 4. The van der Waals surface area contributed by atoms with Gasteiger partial charge in [0.05, 0.1) is 0 Å². The summed E-state index contributed by atoms with van der Waals surface area (Å²) in [5, 5.41) is 10.4. The number of hydrogen-bond acceptors (Lipinski definition) is 6. The fourth-order valence-corrected chi connectivity index (χ4v) is 7.05. The molecule has 2 fully saturated rings. The Morgan fingerprint density at radius 3 is 2.81 bits per heavy atom. The average molecular weight is 411 g/mol. The highest BCUT2D eigenvalue weighted by Crippen LogP contribution is 2.50. The molecule has 148 valence electrons. The van der Waals surface area contributed by atoms with Gasteiger partial charge in [0.2, 0.25) is 0 Å². The second kappa shape index (κ2) is 7.27. The third-order valence-electron chi connectivity index (χ3n) is 5.71. The predicted molar refractivity (Wildman–Crippen MR) is 103 cm³/mol. The summed E-state index contributed by atoms with van der Waals surface area (Å²) in [6, 6.07) is 3.47. The van der Waals surface area contributed by atoms with Crippen LogP contribution in [0.15, 0.2) is 28.0 Å². The van der Waals surface area contributed by atoms with Crippen LogP contribution >= 0.6 is 11.3 Å². The first-order valence-corrected chi connectivity index (χ1v) is 11.7. The van der Waals surface area contributed by atoms with Gasteiger partial charge in [-0.2, -0.15) is 4.31 Å². The summed E-state index contributed by atoms with van der Waals surface area (Å²) in [5.74, 6) is 1.42. The number of ether oxygens (including phenoxy) is 1. The molecule has 9 heteroatoms. The highest BCUT2D eigenvalue weighted by Gasteiger charge is 2.53. The van der Waals surface area contributed by atoms with E-state index >= 15 is 0 Å². The number of aromatic nitrogens is 3. The molecule has 2 saturated heterocycles. The van der Waals surface area contributed by atoms with Gasteiger partial charge < -0.3 is 9.30 Å². The molecule has 2 aliphatic heterocycles. The number of thiophene rings is 1. The van der Waals surface area contributed by atoms with E-state index in [1.165, 1.54) is 11.3 Å². The fraction of sp³-hybridized carbons (Fsp3) is 0.667. The molecule has 2 aromatic heterocycles. The highest BCUT2D eigenvalue weighted by atomic mass is 32.2. The zero-order valence-corrected chi connectivity index (χ0v) is 17.4. The lowest BCUT2D eigenvalue weighted by Gasteiger charge is -2.37. The van der Waals surface area contributed by atoms with Crippen LogP contribution in [0.25, 0.3) is 0 Å². The van der Waals surface area contributed by atoms with Crippen LogP contribution in [0.2, 0.25) is 0 Å². The Kier molecular flexibility index (Phi) is 5.13. The molecular formula is C18H26N4O3S2. The molecule has 0 aromatic carbocycles. The van der Waals surface area contributed by atoms with Crippen LogP contribution in [0, 0.1) is 11.3 Å². The standard InChI is InChI=1S/C18H26N4O3S2/c1-14(2)10-21-13-19-20-17(21)15-11-22(12-18(15)5-7-25-8-6-18)27(23,24)16-4-3-9-26-16/h3-4,9,13-15H,5-8,10-12H2,1-2H3. The van der Waals surface area contributed by atoms with E-state index in [2.05, 4.69) is 28.6 Å². The maximum atomic E-state index is 13.2. The van der Waals surface area contributed by atoms with Crippen molar-refractivity contribution in [2.45, 2.75) is 43.4 Å². The normalized spacial score (nSPS) is 23.4. The lowest BCUT2D eigenvalue weighted by Crippen LogP contribution is -2.37. The molecule has 0 aliphatic carbocycles. The maximum absolute atomic E-state index is 13.2. The third-order valence-corrected chi connectivity index (χ3v) is 8.90. The molecule has 0 radical (unpaired) electrons. The number of rotatable bonds is 5. The van der Waals surface area contributed by atoms with Gasteiger partial charge in [-0.15, -0.1) is 21.5 Å². The van der Waals surface area contributed by atoms with E-state index in [1.54, 1.807) is 22.8 Å². The van der Waals surface area contributed by atoms with Crippen LogP contribution < -0.4 is 0 Å². The summed E-state index contributed by atoms with van der Waals surface area (Å²) in [6.45, 7) is 7.48. The molecule has 2 aliphatic rings. The molecule has 0 N–H and O–H groups in total. The van der Waals surface area contributed by atoms with Gasteiger partial charge in [-0.25, -0.2) is 8.42 Å². The predicted octanol–water partition coefficient (Wildman–Crippen LogP) is 2.58. The molecule has 27 heavy (non-hydrogen) atoms. The Morgan fingerprint density at radius 2 is 2.15 bits per heavy atom. The van der Waals surface area contributed by atoms with E-state index < -0.39 is 10.0 Å². The summed E-state index contributed by atoms with van der Waals surface area (Å²) >= 11 is 1.27. The molecule has 1 spiro atoms. The topological polar surface area (TPSA) is 77.3 Å². The SMILES string of the molecule is CC(C)Cn1cnnc1C1CN(S(=O)(=O)c2cccs2)CC12CCOCC2. The van der Waals surface area contributed by atoms with E-state index in [1.807, 2.05) is 5.38 Å². The van der Waals surface area contributed by atoms with Crippen LogP contribution in [0.4, 0.5) is 0 Å². The van der Waals surface area contributed by atoms with Crippen LogP contribution in [0.5, 0.6) is 0 Å². The van der Waals surface area contributed by atoms with Gasteiger partial charge in [-0.3, -0.25) is 0 Å². The lowest BCUT2D eigenvalue weighted by atomic mass is 9.71. The second-order valence-electron chi connectivity index (χ2n) is 7.99. The van der Waals surface area contributed by atoms with Gasteiger partial charge in [0.25, 0.3) is 10.0 Å². The Hall–Kier alpha value is -1.29. The van der Waals surface area contributed by atoms with E-state index in [0.29, 0.717) is 36.4 Å². The fourth-order valence-electron chi connectivity index (χ4n) is 4.35. The van der Waals surface area contributed by atoms with E-state index in [9.17, 15) is 8.42 Å². The zero-order chi connectivity index (χ0) is 19.1. The van der Waals surface area contributed by atoms with Crippen LogP contribution in [0.3, 0.4) is 0 Å². The molecule has 0 bridgehead atoms.